The van der Waals surface area contributed by atoms with Crippen LogP contribution in [-0.4, -0.2) is 16.6 Å². The molecule has 32 heavy (non-hydrogen) atoms. The number of benzene rings is 3. The molecule has 0 saturated carbocycles. The zero-order chi connectivity index (χ0) is 22.5. The average Bonchev–Trinajstić information content (AvgIpc) is 3.22. The molecule has 7 heteroatoms. The summed E-state index contributed by atoms with van der Waals surface area (Å²) in [6, 6.07) is 20.7. The number of nitrogens with zero attached hydrogens (tertiary/aromatic N) is 2. The smallest absolute Gasteiger partial charge is 0.161 e. The fourth-order valence-corrected chi connectivity index (χ4v) is 3.66. The van der Waals surface area contributed by atoms with E-state index >= 15 is 0 Å². The van der Waals surface area contributed by atoms with Gasteiger partial charge >= 0.3 is 0 Å². The molecule has 3 aromatic carbocycles. The third-order valence-corrected chi connectivity index (χ3v) is 5.33. The van der Waals surface area contributed by atoms with E-state index in [1.807, 2.05) is 55.5 Å². The van der Waals surface area contributed by atoms with E-state index in [2.05, 4.69) is 16.0 Å². The van der Waals surface area contributed by atoms with Gasteiger partial charge in [0.1, 0.15) is 18.5 Å². The summed E-state index contributed by atoms with van der Waals surface area (Å²) >= 11 is 12.2. The molecule has 1 heterocycles. The summed E-state index contributed by atoms with van der Waals surface area (Å²) in [5, 5.41) is 10.8. The number of nitrogens with one attached hydrogen (secondary N) is 1. The minimum Gasteiger partial charge on any atom is -0.490 e. The van der Waals surface area contributed by atoms with Crippen LogP contribution >= 0.6 is 23.2 Å². The molecule has 160 valence electrons. The molecule has 5 nitrogen and oxygen atoms in total. The summed E-state index contributed by atoms with van der Waals surface area (Å²) in [6.07, 6.45) is 1.76. The number of hydrogen-bond donors (Lipinski definition) is 1. The summed E-state index contributed by atoms with van der Waals surface area (Å²) < 4.78 is 11.7. The summed E-state index contributed by atoms with van der Waals surface area (Å²) in [6.45, 7) is 2.64. The second kappa shape index (κ2) is 9.78. The number of ether oxygens (including phenoxy) is 2. The predicted molar refractivity (Wildman–Crippen MR) is 128 cm³/mol. The van der Waals surface area contributed by atoms with Gasteiger partial charge in [-0.05, 0) is 55.0 Å². The fourth-order valence-electron chi connectivity index (χ4n) is 3.20. The third kappa shape index (κ3) is 4.88. The number of allylic oxidation sites excluding steroid dienone is 1. The number of aromatic nitrogens is 2. The highest BCUT2D eigenvalue weighted by molar-refractivity contribution is 6.35. The lowest BCUT2D eigenvalue weighted by atomic mass is 10.1. The van der Waals surface area contributed by atoms with E-state index in [0.717, 1.165) is 22.2 Å². The van der Waals surface area contributed by atoms with Crippen molar-refractivity contribution < 1.29 is 9.47 Å². The molecule has 0 atom stereocenters. The van der Waals surface area contributed by atoms with Gasteiger partial charge in [-0.25, -0.2) is 4.98 Å². The molecule has 0 aliphatic rings. The zero-order valence-electron chi connectivity index (χ0n) is 17.2. The summed E-state index contributed by atoms with van der Waals surface area (Å²) in [4.78, 5) is 7.70. The van der Waals surface area contributed by atoms with Crippen LogP contribution in [0.3, 0.4) is 0 Å². The topological polar surface area (TPSA) is 70.9 Å². The molecule has 1 aromatic heterocycles. The summed E-state index contributed by atoms with van der Waals surface area (Å²) in [7, 11) is 0. The van der Waals surface area contributed by atoms with Crippen molar-refractivity contribution in [1.29, 1.82) is 5.26 Å². The first-order chi connectivity index (χ1) is 15.6. The van der Waals surface area contributed by atoms with Crippen LogP contribution < -0.4 is 9.47 Å². The van der Waals surface area contributed by atoms with Gasteiger partial charge in [0.25, 0.3) is 0 Å². The average molecular weight is 464 g/mol. The highest BCUT2D eigenvalue weighted by Crippen LogP contribution is 2.32. The number of hydrogen-bond acceptors (Lipinski definition) is 4. The molecule has 4 aromatic rings. The van der Waals surface area contributed by atoms with Crippen LogP contribution in [0.1, 0.15) is 23.9 Å². The number of aromatic amines is 1. The van der Waals surface area contributed by atoms with E-state index < -0.39 is 0 Å². The third-order valence-electron chi connectivity index (χ3n) is 4.74. The molecular weight excluding hydrogens is 445 g/mol. The Bertz CT molecular complexity index is 1310. The molecule has 4 rings (SSSR count). The van der Waals surface area contributed by atoms with Crippen LogP contribution in [0.2, 0.25) is 10.0 Å². The van der Waals surface area contributed by atoms with Gasteiger partial charge in [0.15, 0.2) is 11.5 Å². The lowest BCUT2D eigenvalue weighted by Gasteiger charge is -2.13. The molecule has 0 spiro atoms. The molecular formula is C25H19Cl2N3O2. The predicted octanol–water partition coefficient (Wildman–Crippen LogP) is 6.91. The molecule has 0 unspecified atom stereocenters. The van der Waals surface area contributed by atoms with Crippen molar-refractivity contribution >= 4 is 45.9 Å². The van der Waals surface area contributed by atoms with Gasteiger partial charge in [-0.2, -0.15) is 5.26 Å². The van der Waals surface area contributed by atoms with Gasteiger partial charge < -0.3 is 14.5 Å². The van der Waals surface area contributed by atoms with Gasteiger partial charge in [0.2, 0.25) is 0 Å². The van der Waals surface area contributed by atoms with Crippen LogP contribution in [0, 0.1) is 11.3 Å². The van der Waals surface area contributed by atoms with E-state index in [4.69, 9.17) is 32.7 Å². The number of H-pyrrole nitrogens is 1. The normalized spacial score (nSPS) is 11.4. The van der Waals surface area contributed by atoms with Crippen LogP contribution in [0.15, 0.2) is 60.7 Å². The lowest BCUT2D eigenvalue weighted by molar-refractivity contribution is 0.269. The molecule has 0 radical (unpaired) electrons. The molecule has 0 aliphatic heterocycles. The Morgan fingerprint density at radius 1 is 1.06 bits per heavy atom. The van der Waals surface area contributed by atoms with Gasteiger partial charge in [-0.3, -0.25) is 0 Å². The summed E-state index contributed by atoms with van der Waals surface area (Å²) in [5.74, 6) is 1.68. The second-order valence-corrected chi connectivity index (χ2v) is 7.78. The van der Waals surface area contributed by atoms with E-state index in [1.54, 1.807) is 18.2 Å². The minimum absolute atomic E-state index is 0.272. The number of rotatable bonds is 7. The highest BCUT2D eigenvalue weighted by Gasteiger charge is 2.11. The lowest BCUT2D eigenvalue weighted by Crippen LogP contribution is -2.00. The Morgan fingerprint density at radius 2 is 1.91 bits per heavy atom. The monoisotopic (exact) mass is 463 g/mol. The van der Waals surface area contributed by atoms with Crippen molar-refractivity contribution in [3.8, 4) is 17.6 Å². The largest absolute Gasteiger partial charge is 0.490 e. The van der Waals surface area contributed by atoms with Crippen molar-refractivity contribution in [1.82, 2.24) is 9.97 Å². The SMILES string of the molecule is CCOc1cc(C=C(C#N)c2nc3ccccc3[nH]2)ccc1OCc1ccc(Cl)cc1Cl. The molecule has 0 amide bonds. The number of halogens is 2. The van der Waals surface area contributed by atoms with Gasteiger partial charge in [-0.1, -0.05) is 47.5 Å². The molecule has 0 fully saturated rings. The Labute approximate surface area is 195 Å². The van der Waals surface area contributed by atoms with Crippen LogP contribution in [0.5, 0.6) is 11.5 Å². The standard InChI is InChI=1S/C25H19Cl2N3O2/c1-2-31-24-12-16(7-10-23(24)32-15-17-8-9-19(26)13-20(17)27)11-18(14-28)25-29-21-5-3-4-6-22(21)30-25/h3-13H,2,15H2,1H3,(H,29,30). The van der Waals surface area contributed by atoms with Gasteiger partial charge in [0.05, 0.1) is 23.2 Å². The number of nitriles is 1. The quantitative estimate of drug-likeness (QED) is 0.302. The number of fused-ring (bicyclic) bond motifs is 1. The molecule has 0 saturated heterocycles. The van der Waals surface area contributed by atoms with Crippen molar-refractivity contribution in [3.63, 3.8) is 0 Å². The van der Waals surface area contributed by atoms with E-state index in [1.165, 1.54) is 0 Å². The Morgan fingerprint density at radius 3 is 2.66 bits per heavy atom. The Kier molecular flexibility index (Phi) is 6.65. The maximum absolute atomic E-state index is 9.69. The van der Waals surface area contributed by atoms with Gasteiger partial charge in [0, 0.05) is 15.6 Å². The summed E-state index contributed by atoms with van der Waals surface area (Å²) in [5.41, 5.74) is 3.72. The Balaban J connectivity index is 1.60. The van der Waals surface area contributed by atoms with E-state index in [9.17, 15) is 5.26 Å². The zero-order valence-corrected chi connectivity index (χ0v) is 18.7. The number of imidazole rings is 1. The van der Waals surface area contributed by atoms with Gasteiger partial charge in [-0.15, -0.1) is 0 Å². The van der Waals surface area contributed by atoms with Crippen molar-refractivity contribution in [2.45, 2.75) is 13.5 Å². The maximum Gasteiger partial charge on any atom is 0.161 e. The molecule has 0 bridgehead atoms. The van der Waals surface area contributed by atoms with Crippen LogP contribution in [0.4, 0.5) is 0 Å². The first-order valence-corrected chi connectivity index (χ1v) is 10.7. The maximum atomic E-state index is 9.69. The van der Waals surface area contributed by atoms with Crippen molar-refractivity contribution in [2.24, 2.45) is 0 Å². The van der Waals surface area contributed by atoms with Crippen molar-refractivity contribution in [3.05, 3.63) is 87.7 Å². The molecule has 0 aliphatic carbocycles. The first-order valence-electron chi connectivity index (χ1n) is 9.98. The Hall–Kier alpha value is -3.46. The highest BCUT2D eigenvalue weighted by atomic mass is 35.5. The van der Waals surface area contributed by atoms with Crippen LogP contribution in [-0.2, 0) is 6.61 Å². The van der Waals surface area contributed by atoms with Crippen molar-refractivity contribution in [2.75, 3.05) is 6.61 Å². The van der Waals surface area contributed by atoms with Crippen LogP contribution in [0.25, 0.3) is 22.7 Å². The number of para-hydroxylation sites is 2. The second-order valence-electron chi connectivity index (χ2n) is 6.94. The van der Waals surface area contributed by atoms with E-state index in [-0.39, 0.29) is 6.61 Å². The first kappa shape index (κ1) is 21.8. The minimum atomic E-state index is 0.272. The fraction of sp³-hybridized carbons (Fsp3) is 0.120. The molecule has 1 N–H and O–H groups in total. The van der Waals surface area contributed by atoms with E-state index in [0.29, 0.717) is 39.5 Å².